The van der Waals surface area contributed by atoms with Crippen molar-refractivity contribution < 1.29 is 14.3 Å². The largest absolute Gasteiger partial charge is 0.376 e. The first kappa shape index (κ1) is 23.3. The van der Waals surface area contributed by atoms with Gasteiger partial charge in [0.2, 0.25) is 5.91 Å². The molecule has 174 valence electrons. The third kappa shape index (κ3) is 5.55. The van der Waals surface area contributed by atoms with Crippen LogP contribution in [0.3, 0.4) is 0 Å². The third-order valence-corrected chi connectivity index (χ3v) is 7.43. The van der Waals surface area contributed by atoms with Gasteiger partial charge in [-0.1, -0.05) is 18.6 Å². The first-order chi connectivity index (χ1) is 16.1. The molecule has 1 fully saturated rings. The molecule has 7 nitrogen and oxygen atoms in total. The predicted octanol–water partition coefficient (Wildman–Crippen LogP) is 4.24. The molecule has 33 heavy (non-hydrogen) atoms. The van der Waals surface area contributed by atoms with Crippen LogP contribution in [0.25, 0.3) is 0 Å². The van der Waals surface area contributed by atoms with E-state index in [9.17, 15) is 14.9 Å². The number of thiophene rings is 1. The van der Waals surface area contributed by atoms with E-state index >= 15 is 0 Å². The number of carbonyl (C=O) groups is 2. The molecule has 2 aliphatic rings. The molecule has 2 heterocycles. The van der Waals surface area contributed by atoms with E-state index in [0.717, 1.165) is 50.7 Å². The highest BCUT2D eigenvalue weighted by Gasteiger charge is 2.24. The number of carbonyl (C=O) groups excluding carboxylic acids is 2. The van der Waals surface area contributed by atoms with Crippen molar-refractivity contribution in [1.29, 1.82) is 5.26 Å². The summed E-state index contributed by atoms with van der Waals surface area (Å²) in [6.45, 7) is 2.97. The number of fused-ring (bicyclic) bond motifs is 1. The fourth-order valence-electron chi connectivity index (χ4n) is 4.38. The van der Waals surface area contributed by atoms with E-state index < -0.39 is 6.04 Å². The first-order valence-electron chi connectivity index (χ1n) is 11.7. The second-order valence-corrected chi connectivity index (χ2v) is 9.73. The molecule has 2 amide bonds. The minimum atomic E-state index is -0.592. The van der Waals surface area contributed by atoms with Crippen LogP contribution < -0.4 is 16.0 Å². The Morgan fingerprint density at radius 2 is 2.03 bits per heavy atom. The van der Waals surface area contributed by atoms with E-state index in [1.54, 1.807) is 25.1 Å². The van der Waals surface area contributed by atoms with E-state index in [4.69, 9.17) is 4.74 Å². The Labute approximate surface area is 198 Å². The summed E-state index contributed by atoms with van der Waals surface area (Å²) in [6, 6.07) is 8.86. The van der Waals surface area contributed by atoms with Crippen LogP contribution in [0.15, 0.2) is 24.3 Å². The van der Waals surface area contributed by atoms with Gasteiger partial charge in [0, 0.05) is 23.7 Å². The molecule has 0 bridgehead atoms. The quantitative estimate of drug-likeness (QED) is 0.530. The molecular formula is C25H30N4O3S. The van der Waals surface area contributed by atoms with E-state index in [1.165, 1.54) is 22.6 Å². The maximum absolute atomic E-state index is 13.0. The average molecular weight is 467 g/mol. The molecule has 0 unspecified atom stereocenters. The van der Waals surface area contributed by atoms with Crippen molar-refractivity contribution in [2.75, 3.05) is 23.8 Å². The van der Waals surface area contributed by atoms with E-state index in [1.807, 2.05) is 6.07 Å². The average Bonchev–Trinajstić information content (AvgIpc) is 3.39. The van der Waals surface area contributed by atoms with Gasteiger partial charge in [0.05, 0.1) is 17.2 Å². The Morgan fingerprint density at radius 3 is 2.82 bits per heavy atom. The summed E-state index contributed by atoms with van der Waals surface area (Å²) in [5.41, 5.74) is 2.78. The number of nitriles is 1. The Kier molecular flexibility index (Phi) is 7.63. The van der Waals surface area contributed by atoms with Crippen LogP contribution >= 0.6 is 11.3 Å². The van der Waals surface area contributed by atoms with Crippen LogP contribution in [-0.4, -0.2) is 37.1 Å². The molecule has 1 saturated heterocycles. The lowest BCUT2D eigenvalue weighted by Crippen LogP contribution is -2.34. The minimum Gasteiger partial charge on any atom is -0.376 e. The van der Waals surface area contributed by atoms with Crippen molar-refractivity contribution in [3.63, 3.8) is 0 Å². The number of benzene rings is 1. The lowest BCUT2D eigenvalue weighted by molar-refractivity contribution is -0.116. The number of ether oxygens (including phenoxy) is 1. The second-order valence-electron chi connectivity index (χ2n) is 8.63. The maximum atomic E-state index is 13.0. The molecule has 4 rings (SSSR count). The summed E-state index contributed by atoms with van der Waals surface area (Å²) in [5.74, 6) is -0.438. The highest BCUT2D eigenvalue weighted by molar-refractivity contribution is 7.16. The van der Waals surface area contributed by atoms with Gasteiger partial charge in [-0.2, -0.15) is 5.26 Å². The molecule has 1 aromatic carbocycles. The molecule has 8 heteroatoms. The van der Waals surface area contributed by atoms with Crippen LogP contribution in [0, 0.1) is 11.3 Å². The Bertz CT molecular complexity index is 1050. The molecular weight excluding hydrogens is 436 g/mol. The van der Waals surface area contributed by atoms with E-state index in [0.29, 0.717) is 28.4 Å². The van der Waals surface area contributed by atoms with Gasteiger partial charge in [-0.25, -0.2) is 0 Å². The fourth-order valence-corrected chi connectivity index (χ4v) is 5.62. The minimum absolute atomic E-state index is 0.0639. The van der Waals surface area contributed by atoms with Crippen LogP contribution in [0.1, 0.15) is 65.4 Å². The molecule has 0 saturated carbocycles. The molecule has 1 aromatic heterocycles. The monoisotopic (exact) mass is 466 g/mol. The first-order valence-corrected chi connectivity index (χ1v) is 12.5. The number of amides is 2. The lowest BCUT2D eigenvalue weighted by Gasteiger charge is -2.18. The van der Waals surface area contributed by atoms with Crippen molar-refractivity contribution in [2.24, 2.45) is 0 Å². The topological polar surface area (TPSA) is 103 Å². The summed E-state index contributed by atoms with van der Waals surface area (Å²) >= 11 is 1.52. The smallest absolute Gasteiger partial charge is 0.253 e. The summed E-state index contributed by atoms with van der Waals surface area (Å²) in [7, 11) is 0. The zero-order chi connectivity index (χ0) is 23.2. The normalized spacial score (nSPS) is 18.5. The van der Waals surface area contributed by atoms with Crippen LogP contribution in [-0.2, 0) is 22.4 Å². The van der Waals surface area contributed by atoms with Crippen molar-refractivity contribution in [2.45, 2.75) is 64.0 Å². The lowest BCUT2D eigenvalue weighted by atomic mass is 10.1. The van der Waals surface area contributed by atoms with Gasteiger partial charge < -0.3 is 20.7 Å². The molecule has 2 aromatic rings. The van der Waals surface area contributed by atoms with Gasteiger partial charge in [-0.15, -0.1) is 11.3 Å². The van der Waals surface area contributed by atoms with Gasteiger partial charge in [-0.3, -0.25) is 9.59 Å². The van der Waals surface area contributed by atoms with Crippen molar-refractivity contribution >= 4 is 33.8 Å². The van der Waals surface area contributed by atoms with Crippen molar-refractivity contribution in [1.82, 2.24) is 5.32 Å². The third-order valence-electron chi connectivity index (χ3n) is 6.22. The summed E-state index contributed by atoms with van der Waals surface area (Å²) in [5, 5.41) is 19.4. The highest BCUT2D eigenvalue weighted by Crippen LogP contribution is 2.37. The van der Waals surface area contributed by atoms with Crippen LogP contribution in [0.4, 0.5) is 10.7 Å². The zero-order valence-corrected chi connectivity index (χ0v) is 19.7. The SMILES string of the molecule is C[C@H](Nc1ccccc1C(=O)NC[C@H]1CCCO1)C(=O)Nc1sc2c(c1C#N)CCCCC2. The summed E-state index contributed by atoms with van der Waals surface area (Å²) in [4.78, 5) is 26.9. The summed E-state index contributed by atoms with van der Waals surface area (Å²) < 4.78 is 5.57. The van der Waals surface area contributed by atoms with Crippen molar-refractivity contribution in [3.8, 4) is 6.07 Å². The predicted molar refractivity (Wildman–Crippen MR) is 130 cm³/mol. The molecule has 0 radical (unpaired) electrons. The van der Waals surface area contributed by atoms with Gasteiger partial charge >= 0.3 is 0 Å². The zero-order valence-electron chi connectivity index (χ0n) is 18.9. The van der Waals surface area contributed by atoms with Gasteiger partial charge in [0.1, 0.15) is 17.1 Å². The Balaban J connectivity index is 1.41. The molecule has 0 spiro atoms. The molecule has 1 aliphatic heterocycles. The molecule has 1 aliphatic carbocycles. The van der Waals surface area contributed by atoms with E-state index in [2.05, 4.69) is 22.0 Å². The van der Waals surface area contributed by atoms with Crippen LogP contribution in [0.2, 0.25) is 0 Å². The van der Waals surface area contributed by atoms with Crippen molar-refractivity contribution in [3.05, 3.63) is 45.8 Å². The van der Waals surface area contributed by atoms with E-state index in [-0.39, 0.29) is 17.9 Å². The number of hydrogen-bond donors (Lipinski definition) is 3. The number of hydrogen-bond acceptors (Lipinski definition) is 6. The number of rotatable bonds is 7. The van der Waals surface area contributed by atoms with Crippen LogP contribution in [0.5, 0.6) is 0 Å². The van der Waals surface area contributed by atoms with Gasteiger partial charge in [-0.05, 0) is 63.1 Å². The maximum Gasteiger partial charge on any atom is 0.253 e. The fraction of sp³-hybridized carbons (Fsp3) is 0.480. The molecule has 2 atom stereocenters. The Morgan fingerprint density at radius 1 is 1.21 bits per heavy atom. The second kappa shape index (κ2) is 10.8. The number of anilines is 2. The number of para-hydroxylation sites is 1. The Hall–Kier alpha value is -2.89. The number of nitrogens with zero attached hydrogens (tertiary/aromatic N) is 1. The van der Waals surface area contributed by atoms with Gasteiger partial charge in [0.25, 0.3) is 5.91 Å². The number of nitrogens with one attached hydrogen (secondary N) is 3. The highest BCUT2D eigenvalue weighted by atomic mass is 32.1. The number of aryl methyl sites for hydroxylation is 1. The van der Waals surface area contributed by atoms with Gasteiger partial charge in [0.15, 0.2) is 0 Å². The molecule has 3 N–H and O–H groups in total. The standard InChI is InChI=1S/C25H30N4O3S/c1-16(23(30)29-25-20(14-26)18-9-3-2-4-12-22(18)33-25)28-21-11-6-5-10-19(21)24(31)27-15-17-8-7-13-32-17/h5-6,10-11,16-17,28H,2-4,7-9,12-13,15H2,1H3,(H,27,31)(H,29,30)/t16-,17+/m0/s1. The summed E-state index contributed by atoms with van der Waals surface area (Å²) in [6.07, 6.45) is 7.27.